The molecule has 0 fully saturated rings. The molecule has 0 radical (unpaired) electrons. The fraction of sp³-hybridized carbons (Fsp3) is 0.217. The minimum atomic E-state index is -0.872. The highest BCUT2D eigenvalue weighted by Crippen LogP contribution is 2.23. The third-order valence-corrected chi connectivity index (χ3v) is 4.35. The largest absolute Gasteiger partial charge is 0.457 e. The first kappa shape index (κ1) is 20.5. The van der Waals surface area contributed by atoms with E-state index in [-0.39, 0.29) is 13.2 Å². The average Bonchev–Trinajstić information content (AvgIpc) is 2.77. The predicted octanol–water partition coefficient (Wildman–Crippen LogP) is 2.30. The van der Waals surface area contributed by atoms with Gasteiger partial charge in [-0.1, -0.05) is 30.4 Å². The van der Waals surface area contributed by atoms with E-state index >= 15 is 0 Å². The molecule has 3 aromatic rings. The molecule has 0 aliphatic carbocycles. The molecule has 6 heteroatoms. The van der Waals surface area contributed by atoms with Gasteiger partial charge in [-0.2, -0.15) is 0 Å². The van der Waals surface area contributed by atoms with Gasteiger partial charge in [0.25, 0.3) is 0 Å². The van der Waals surface area contributed by atoms with Crippen molar-refractivity contribution >= 4 is 18.1 Å². The quantitative estimate of drug-likeness (QED) is 0.573. The number of aromatic nitrogens is 2. The van der Waals surface area contributed by atoms with Gasteiger partial charge in [0.2, 0.25) is 5.95 Å². The van der Waals surface area contributed by atoms with E-state index in [9.17, 15) is 5.11 Å². The van der Waals surface area contributed by atoms with Crippen LogP contribution >= 0.6 is 0 Å². The Balaban J connectivity index is 1.94. The number of aliphatic hydroxyl groups is 2. The molecular weight excluding hydrogens is 366 g/mol. The summed E-state index contributed by atoms with van der Waals surface area (Å²) in [6.45, 7) is 3.71. The molecule has 0 aliphatic heterocycles. The summed E-state index contributed by atoms with van der Waals surface area (Å²) < 4.78 is 5.86. The van der Waals surface area contributed by atoms with E-state index in [1.54, 1.807) is 0 Å². The Hall–Kier alpha value is -3.22. The zero-order valence-electron chi connectivity index (χ0n) is 16.5. The zero-order valence-corrected chi connectivity index (χ0v) is 16.5. The van der Waals surface area contributed by atoms with Gasteiger partial charge >= 0.3 is 0 Å². The van der Waals surface area contributed by atoms with Crippen LogP contribution in [0.4, 0.5) is 5.95 Å². The molecule has 0 saturated heterocycles. The Morgan fingerprint density at radius 1 is 0.966 bits per heavy atom. The number of aliphatic hydroxyl groups excluding tert-OH is 2. The molecule has 1 unspecified atom stereocenters. The molecular formula is C23H25N3O3. The molecule has 0 saturated carbocycles. The molecule has 29 heavy (non-hydrogen) atoms. The van der Waals surface area contributed by atoms with Crippen LogP contribution in [0.3, 0.4) is 0 Å². The van der Waals surface area contributed by atoms with E-state index in [2.05, 4.69) is 15.3 Å². The van der Waals surface area contributed by atoms with E-state index in [1.807, 2.05) is 80.6 Å². The normalized spacial score (nSPS) is 13.4. The fourth-order valence-electron chi connectivity index (χ4n) is 2.87. The van der Waals surface area contributed by atoms with Crippen molar-refractivity contribution in [1.29, 1.82) is 0 Å². The van der Waals surface area contributed by atoms with Crippen molar-refractivity contribution in [3.05, 3.63) is 65.2 Å². The Labute approximate surface area is 169 Å². The van der Waals surface area contributed by atoms with E-state index in [0.29, 0.717) is 5.95 Å². The summed E-state index contributed by atoms with van der Waals surface area (Å²) in [5.74, 6) is 1.92. The number of benzene rings is 2. The highest BCUT2D eigenvalue weighted by atomic mass is 16.5. The summed E-state index contributed by atoms with van der Waals surface area (Å²) in [5, 5.41) is 23.3. The Morgan fingerprint density at radius 3 is 2.28 bits per heavy atom. The molecule has 0 aliphatic rings. The van der Waals surface area contributed by atoms with Crippen molar-refractivity contribution < 1.29 is 14.9 Å². The first-order valence-corrected chi connectivity index (χ1v) is 9.51. The van der Waals surface area contributed by atoms with Crippen molar-refractivity contribution in [2.45, 2.75) is 20.0 Å². The lowest BCUT2D eigenvalue weighted by atomic mass is 10.1. The molecule has 3 N–H and O–H groups in total. The molecule has 1 aromatic heterocycles. The monoisotopic (exact) mass is 391 g/mol. The summed E-state index contributed by atoms with van der Waals surface area (Å²) in [6, 6.07) is 17.3. The summed E-state index contributed by atoms with van der Waals surface area (Å²) in [7, 11) is 0. The van der Waals surface area contributed by atoms with Crippen molar-refractivity contribution in [2.24, 2.45) is 0 Å². The molecule has 3 rings (SSSR count). The molecule has 6 nitrogen and oxygen atoms in total. The van der Waals surface area contributed by atoms with Crippen molar-refractivity contribution in [3.63, 3.8) is 0 Å². The lowest BCUT2D eigenvalue weighted by Crippen LogP contribution is -2.33. The number of hydrogen-bond donors (Lipinski definition) is 3. The van der Waals surface area contributed by atoms with Crippen LogP contribution in [0.5, 0.6) is 11.5 Å². The van der Waals surface area contributed by atoms with Crippen LogP contribution < -0.4 is 20.6 Å². The number of para-hydroxylation sites is 1. The first-order valence-electron chi connectivity index (χ1n) is 9.51. The van der Waals surface area contributed by atoms with Crippen molar-refractivity contribution in [1.82, 2.24) is 9.97 Å². The number of anilines is 1. The van der Waals surface area contributed by atoms with Crippen molar-refractivity contribution in [3.8, 4) is 22.8 Å². The number of nitrogens with zero attached hydrogens (tertiary/aromatic N) is 2. The van der Waals surface area contributed by atoms with Gasteiger partial charge in [0.15, 0.2) is 0 Å². The van der Waals surface area contributed by atoms with Gasteiger partial charge in [-0.3, -0.25) is 0 Å². The third-order valence-electron chi connectivity index (χ3n) is 4.35. The summed E-state index contributed by atoms with van der Waals surface area (Å²) in [5.41, 5.74) is 1.71. The smallest absolute Gasteiger partial charge is 0.223 e. The second kappa shape index (κ2) is 9.82. The van der Waals surface area contributed by atoms with E-state index < -0.39 is 6.10 Å². The van der Waals surface area contributed by atoms with E-state index in [4.69, 9.17) is 9.84 Å². The molecule has 0 bridgehead atoms. The maximum Gasteiger partial charge on any atom is 0.223 e. The number of ether oxygens (including phenoxy) is 1. The summed E-state index contributed by atoms with van der Waals surface area (Å²) >= 11 is 0. The van der Waals surface area contributed by atoms with Gasteiger partial charge in [-0.05, 0) is 50.2 Å². The van der Waals surface area contributed by atoms with Gasteiger partial charge in [0.1, 0.15) is 11.5 Å². The van der Waals surface area contributed by atoms with Gasteiger partial charge in [-0.25, -0.2) is 9.97 Å². The van der Waals surface area contributed by atoms with Crippen LogP contribution in [0.25, 0.3) is 23.4 Å². The Kier molecular flexibility index (Phi) is 6.94. The lowest BCUT2D eigenvalue weighted by Gasteiger charge is -2.11. The van der Waals surface area contributed by atoms with Crippen LogP contribution in [0.2, 0.25) is 0 Å². The Bertz CT molecular complexity index is 1050. The number of hydrogen-bond acceptors (Lipinski definition) is 6. The van der Waals surface area contributed by atoms with Gasteiger partial charge in [-0.15, -0.1) is 0 Å². The summed E-state index contributed by atoms with van der Waals surface area (Å²) in [4.78, 5) is 9.14. The van der Waals surface area contributed by atoms with Crippen LogP contribution in [-0.4, -0.2) is 39.4 Å². The topological polar surface area (TPSA) is 87.5 Å². The second-order valence-corrected chi connectivity index (χ2v) is 6.43. The van der Waals surface area contributed by atoms with Crippen molar-refractivity contribution in [2.75, 3.05) is 18.5 Å². The van der Waals surface area contributed by atoms with Crippen LogP contribution in [-0.2, 0) is 0 Å². The minimum Gasteiger partial charge on any atom is -0.457 e. The molecule has 0 spiro atoms. The van der Waals surface area contributed by atoms with E-state index in [0.717, 1.165) is 33.3 Å². The standard InChI is InChI=1S/C23H25N3O3/c1-3-20-21(4-2)25-23(24-14-17(28)15-27)26-22(20)16-10-12-19(13-11-16)29-18-8-6-5-7-9-18/h3-13,17,27-28H,14-15H2,1-2H3,(H,24,25)/b20-3+,21-4+. The SMILES string of the molecule is C/C=c1/c(-c2ccc(Oc3ccccc3)cc2)nc(NCC(O)CO)n/c1=C/C. The molecule has 0 amide bonds. The van der Waals surface area contributed by atoms with Crippen LogP contribution in [0.1, 0.15) is 13.8 Å². The maximum absolute atomic E-state index is 9.59. The molecule has 1 atom stereocenters. The zero-order chi connectivity index (χ0) is 20.6. The van der Waals surface area contributed by atoms with Gasteiger partial charge in [0, 0.05) is 17.3 Å². The minimum absolute atomic E-state index is 0.165. The molecule has 2 aromatic carbocycles. The third kappa shape index (κ3) is 5.19. The van der Waals surface area contributed by atoms with Gasteiger partial charge in [0.05, 0.1) is 23.8 Å². The van der Waals surface area contributed by atoms with Crippen LogP contribution in [0.15, 0.2) is 54.6 Å². The Morgan fingerprint density at radius 2 is 1.66 bits per heavy atom. The highest BCUT2D eigenvalue weighted by molar-refractivity contribution is 5.63. The second-order valence-electron chi connectivity index (χ2n) is 6.43. The average molecular weight is 391 g/mol. The van der Waals surface area contributed by atoms with E-state index in [1.165, 1.54) is 0 Å². The summed E-state index contributed by atoms with van der Waals surface area (Å²) in [6.07, 6.45) is 3.02. The lowest BCUT2D eigenvalue weighted by molar-refractivity contribution is 0.105. The maximum atomic E-state index is 9.59. The van der Waals surface area contributed by atoms with Gasteiger partial charge < -0.3 is 20.3 Å². The fourth-order valence-corrected chi connectivity index (χ4v) is 2.87. The first-order chi connectivity index (χ1) is 14.1. The highest BCUT2D eigenvalue weighted by Gasteiger charge is 2.09. The number of rotatable bonds is 7. The van der Waals surface area contributed by atoms with Crippen LogP contribution in [0, 0.1) is 0 Å². The molecule has 1 heterocycles. The number of nitrogens with one attached hydrogen (secondary N) is 1. The predicted molar refractivity (Wildman–Crippen MR) is 115 cm³/mol. The molecule has 150 valence electrons.